The van der Waals surface area contributed by atoms with E-state index in [2.05, 4.69) is 37.7 Å². The minimum absolute atomic E-state index is 0.321. The van der Waals surface area contributed by atoms with Gasteiger partial charge in [0.25, 0.3) is 0 Å². The molecule has 0 saturated carbocycles. The van der Waals surface area contributed by atoms with Crippen molar-refractivity contribution in [2.24, 2.45) is 5.92 Å². The van der Waals surface area contributed by atoms with E-state index in [1.54, 1.807) is 11.8 Å². The van der Waals surface area contributed by atoms with Gasteiger partial charge in [-0.2, -0.15) is 0 Å². The van der Waals surface area contributed by atoms with Crippen molar-refractivity contribution in [2.75, 3.05) is 5.75 Å². The molecule has 0 radical (unpaired) electrons. The number of hydrogen-bond donors (Lipinski definition) is 0. The first-order chi connectivity index (χ1) is 7.52. The fraction of sp³-hybridized carbons (Fsp3) is 0.667. The summed E-state index contributed by atoms with van der Waals surface area (Å²) in [6, 6.07) is 1.85. The summed E-state index contributed by atoms with van der Waals surface area (Å²) in [5.74, 6) is 2.95. The third-order valence-corrected chi connectivity index (χ3v) is 3.85. The van der Waals surface area contributed by atoms with Crippen LogP contribution in [0.15, 0.2) is 11.1 Å². The van der Waals surface area contributed by atoms with E-state index in [9.17, 15) is 0 Å². The van der Waals surface area contributed by atoms with Gasteiger partial charge < -0.3 is 0 Å². The Bertz CT molecular complexity index is 342. The van der Waals surface area contributed by atoms with Crippen LogP contribution < -0.4 is 0 Å². The van der Waals surface area contributed by atoms with Crippen molar-refractivity contribution in [3.8, 4) is 0 Å². The van der Waals surface area contributed by atoms with Crippen molar-refractivity contribution in [1.29, 1.82) is 0 Å². The lowest BCUT2D eigenvalue weighted by atomic mass is 10.2. The van der Waals surface area contributed by atoms with E-state index in [0.29, 0.717) is 17.0 Å². The zero-order valence-electron chi connectivity index (χ0n) is 10.3. The van der Waals surface area contributed by atoms with Gasteiger partial charge in [0.15, 0.2) is 0 Å². The van der Waals surface area contributed by atoms with Crippen LogP contribution in [0.3, 0.4) is 0 Å². The number of thioether (sulfide) groups is 1. The van der Waals surface area contributed by atoms with E-state index >= 15 is 0 Å². The highest BCUT2D eigenvalue weighted by Gasteiger charge is 2.08. The molecule has 1 heterocycles. The van der Waals surface area contributed by atoms with Crippen LogP contribution in [-0.2, 0) is 0 Å². The first kappa shape index (κ1) is 13.8. The third-order valence-electron chi connectivity index (χ3n) is 2.42. The van der Waals surface area contributed by atoms with Crippen LogP contribution in [0.2, 0.25) is 5.15 Å². The lowest BCUT2D eigenvalue weighted by Crippen LogP contribution is -2.01. The Balaban J connectivity index is 2.72. The van der Waals surface area contributed by atoms with E-state index < -0.39 is 0 Å². The molecule has 1 atom stereocenters. The summed E-state index contributed by atoms with van der Waals surface area (Å²) in [4.78, 5) is 8.73. The molecule has 16 heavy (non-hydrogen) atoms. The summed E-state index contributed by atoms with van der Waals surface area (Å²) >= 11 is 7.74. The van der Waals surface area contributed by atoms with Gasteiger partial charge in [0.05, 0.1) is 0 Å². The molecule has 0 N–H and O–H groups in total. The molecule has 0 aliphatic carbocycles. The summed E-state index contributed by atoms with van der Waals surface area (Å²) < 4.78 is 0. The molecule has 0 bridgehead atoms. The molecule has 1 aromatic rings. The number of rotatable bonds is 5. The predicted molar refractivity (Wildman–Crippen MR) is 71.3 cm³/mol. The Hall–Kier alpha value is -0.280. The minimum atomic E-state index is 0.321. The second kappa shape index (κ2) is 6.45. The van der Waals surface area contributed by atoms with E-state index in [-0.39, 0.29) is 0 Å². The number of nitrogens with zero attached hydrogens (tertiary/aromatic N) is 2. The van der Waals surface area contributed by atoms with Crippen molar-refractivity contribution < 1.29 is 0 Å². The molecule has 90 valence electrons. The highest BCUT2D eigenvalue weighted by molar-refractivity contribution is 7.99. The Kier molecular flexibility index (Phi) is 5.56. The molecule has 2 nitrogen and oxygen atoms in total. The van der Waals surface area contributed by atoms with Crippen LogP contribution in [0.1, 0.15) is 45.9 Å². The molecule has 0 fully saturated rings. The van der Waals surface area contributed by atoms with Crippen LogP contribution in [0, 0.1) is 5.92 Å². The van der Waals surface area contributed by atoms with E-state index in [4.69, 9.17) is 11.6 Å². The average Bonchev–Trinajstić information content (AvgIpc) is 2.25. The van der Waals surface area contributed by atoms with Gasteiger partial charge in [-0.05, 0) is 5.92 Å². The molecule has 1 rings (SSSR count). The van der Waals surface area contributed by atoms with Gasteiger partial charge in [-0.1, -0.05) is 45.7 Å². The largest absolute Gasteiger partial charge is 0.226 e. The maximum absolute atomic E-state index is 5.98. The van der Waals surface area contributed by atoms with E-state index in [0.717, 1.165) is 16.6 Å². The Morgan fingerprint density at radius 3 is 2.56 bits per heavy atom. The van der Waals surface area contributed by atoms with Gasteiger partial charge in [0.2, 0.25) is 0 Å². The van der Waals surface area contributed by atoms with Gasteiger partial charge in [0.1, 0.15) is 16.0 Å². The zero-order chi connectivity index (χ0) is 12.1. The van der Waals surface area contributed by atoms with Crippen LogP contribution in [0.25, 0.3) is 0 Å². The van der Waals surface area contributed by atoms with E-state index in [1.165, 1.54) is 6.42 Å². The fourth-order valence-corrected chi connectivity index (χ4v) is 2.39. The second-order valence-electron chi connectivity index (χ2n) is 4.37. The van der Waals surface area contributed by atoms with Crippen LogP contribution in [0.5, 0.6) is 0 Å². The number of aromatic nitrogens is 2. The summed E-state index contributed by atoms with van der Waals surface area (Å²) in [7, 11) is 0. The normalized spacial score (nSPS) is 13.1. The highest BCUT2D eigenvalue weighted by Crippen LogP contribution is 2.24. The van der Waals surface area contributed by atoms with Crippen LogP contribution in [0.4, 0.5) is 0 Å². The zero-order valence-corrected chi connectivity index (χ0v) is 11.9. The molecule has 1 unspecified atom stereocenters. The lowest BCUT2D eigenvalue weighted by Gasteiger charge is -2.09. The molecular weight excluding hydrogens is 240 g/mol. The first-order valence-electron chi connectivity index (χ1n) is 5.70. The minimum Gasteiger partial charge on any atom is -0.226 e. The van der Waals surface area contributed by atoms with Crippen molar-refractivity contribution in [1.82, 2.24) is 9.97 Å². The quantitative estimate of drug-likeness (QED) is 0.579. The standard InChI is InChI=1S/C12H19ClN2S/c1-5-9(4)7-16-11-6-10(13)14-12(15-11)8(2)3/h6,8-9H,5,7H2,1-4H3. The SMILES string of the molecule is CCC(C)CSc1cc(Cl)nc(C(C)C)n1. The molecule has 0 spiro atoms. The van der Waals surface area contributed by atoms with E-state index in [1.807, 2.05) is 6.07 Å². The van der Waals surface area contributed by atoms with Gasteiger partial charge in [-0.25, -0.2) is 9.97 Å². The molecule has 1 aromatic heterocycles. The summed E-state index contributed by atoms with van der Waals surface area (Å²) in [6.45, 7) is 8.61. The Morgan fingerprint density at radius 1 is 1.31 bits per heavy atom. The summed E-state index contributed by atoms with van der Waals surface area (Å²) in [5, 5.41) is 1.54. The summed E-state index contributed by atoms with van der Waals surface area (Å²) in [5.41, 5.74) is 0. The topological polar surface area (TPSA) is 25.8 Å². The van der Waals surface area contributed by atoms with Crippen molar-refractivity contribution >= 4 is 23.4 Å². The van der Waals surface area contributed by atoms with Crippen molar-refractivity contribution in [3.63, 3.8) is 0 Å². The molecule has 0 aliphatic heterocycles. The molecular formula is C12H19ClN2S. The first-order valence-corrected chi connectivity index (χ1v) is 7.06. The number of hydrogen-bond acceptors (Lipinski definition) is 3. The van der Waals surface area contributed by atoms with Gasteiger partial charge in [0, 0.05) is 17.7 Å². The van der Waals surface area contributed by atoms with Crippen LogP contribution >= 0.6 is 23.4 Å². The molecule has 0 saturated heterocycles. The molecule has 4 heteroatoms. The molecule has 0 aliphatic rings. The second-order valence-corrected chi connectivity index (χ2v) is 5.79. The van der Waals surface area contributed by atoms with Gasteiger partial charge in [-0.3, -0.25) is 0 Å². The smallest absolute Gasteiger partial charge is 0.133 e. The third kappa shape index (κ3) is 4.30. The lowest BCUT2D eigenvalue weighted by molar-refractivity contribution is 0.636. The number of halogens is 1. The predicted octanol–water partition coefficient (Wildman–Crippen LogP) is 4.39. The Labute approximate surface area is 107 Å². The monoisotopic (exact) mass is 258 g/mol. The van der Waals surface area contributed by atoms with Crippen molar-refractivity contribution in [2.45, 2.75) is 45.1 Å². The van der Waals surface area contributed by atoms with Gasteiger partial charge >= 0.3 is 0 Å². The molecule has 0 aromatic carbocycles. The molecule has 0 amide bonds. The highest BCUT2D eigenvalue weighted by atomic mass is 35.5. The maximum Gasteiger partial charge on any atom is 0.133 e. The Morgan fingerprint density at radius 2 is 2.00 bits per heavy atom. The maximum atomic E-state index is 5.98. The summed E-state index contributed by atoms with van der Waals surface area (Å²) in [6.07, 6.45) is 1.20. The van der Waals surface area contributed by atoms with Crippen molar-refractivity contribution in [3.05, 3.63) is 17.0 Å². The average molecular weight is 259 g/mol. The van der Waals surface area contributed by atoms with Gasteiger partial charge in [-0.15, -0.1) is 11.8 Å². The van der Waals surface area contributed by atoms with Crippen LogP contribution in [-0.4, -0.2) is 15.7 Å². The fourth-order valence-electron chi connectivity index (χ4n) is 1.09.